The SMILES string of the molecule is CC(C)CCCC[C@@]1(C)CC[C@@]2(C)[C@@H]3[C@@H](O)C=C4C[C@@H](O)CC[C@]4(C)[C@@]3(C)CC[C@]12C. The first-order valence-corrected chi connectivity index (χ1v) is 13.4. The van der Waals surface area contributed by atoms with Crippen LogP contribution in [0.4, 0.5) is 0 Å². The third kappa shape index (κ3) is 3.17. The van der Waals surface area contributed by atoms with Crippen molar-refractivity contribution in [2.75, 3.05) is 0 Å². The molecule has 3 fully saturated rings. The van der Waals surface area contributed by atoms with Crippen LogP contribution in [0.25, 0.3) is 0 Å². The molecular weight excluding hydrogens is 380 g/mol. The summed E-state index contributed by atoms with van der Waals surface area (Å²) >= 11 is 0. The summed E-state index contributed by atoms with van der Waals surface area (Å²) in [7, 11) is 0. The standard InChI is InChI=1S/C29H50O2/c1-20(2)10-8-9-12-25(3)14-15-28(6)24-23(31)19-21-18-22(30)11-13-26(21,4)27(24,5)16-17-29(25,28)7/h19-20,22-24,30-31H,8-18H2,1-7H3/t22-,23-,24+,25-,26-,27-,28-,29+/m0/s1. The van der Waals surface area contributed by atoms with Crippen LogP contribution >= 0.6 is 0 Å². The molecule has 0 aromatic rings. The van der Waals surface area contributed by atoms with E-state index in [1.54, 1.807) is 0 Å². The zero-order valence-electron chi connectivity index (χ0n) is 21.6. The lowest BCUT2D eigenvalue weighted by atomic mass is 9.35. The molecule has 0 radical (unpaired) electrons. The Hall–Kier alpha value is -0.340. The second-order valence-corrected chi connectivity index (χ2v) is 13.8. The molecule has 2 nitrogen and oxygen atoms in total. The van der Waals surface area contributed by atoms with Crippen molar-refractivity contribution in [3.05, 3.63) is 11.6 Å². The molecule has 0 heterocycles. The fourth-order valence-electron chi connectivity index (χ4n) is 9.48. The summed E-state index contributed by atoms with van der Waals surface area (Å²) in [6, 6.07) is 0. The quantitative estimate of drug-likeness (QED) is 0.355. The number of hydrogen-bond acceptors (Lipinski definition) is 2. The first-order chi connectivity index (χ1) is 14.3. The van der Waals surface area contributed by atoms with Crippen LogP contribution in [0.2, 0.25) is 0 Å². The third-order valence-electron chi connectivity index (χ3n) is 12.2. The number of unbranched alkanes of at least 4 members (excludes halogenated alkanes) is 1. The number of rotatable bonds is 5. The summed E-state index contributed by atoms with van der Waals surface area (Å²) in [5.74, 6) is 1.13. The van der Waals surface area contributed by atoms with Crippen LogP contribution < -0.4 is 0 Å². The minimum Gasteiger partial charge on any atom is -0.393 e. The van der Waals surface area contributed by atoms with Gasteiger partial charge in [-0.3, -0.25) is 0 Å². The van der Waals surface area contributed by atoms with Crippen LogP contribution in [0, 0.1) is 38.9 Å². The van der Waals surface area contributed by atoms with E-state index in [1.165, 1.54) is 56.9 Å². The zero-order chi connectivity index (χ0) is 22.9. The van der Waals surface area contributed by atoms with Crippen LogP contribution in [0.3, 0.4) is 0 Å². The second kappa shape index (κ2) is 7.59. The smallest absolute Gasteiger partial charge is 0.0762 e. The van der Waals surface area contributed by atoms with Gasteiger partial charge in [-0.1, -0.05) is 79.4 Å². The summed E-state index contributed by atoms with van der Waals surface area (Å²) < 4.78 is 0. The van der Waals surface area contributed by atoms with E-state index in [2.05, 4.69) is 54.5 Å². The molecule has 0 amide bonds. The molecule has 0 aromatic heterocycles. The van der Waals surface area contributed by atoms with E-state index in [0.29, 0.717) is 16.7 Å². The van der Waals surface area contributed by atoms with Gasteiger partial charge >= 0.3 is 0 Å². The van der Waals surface area contributed by atoms with Crippen LogP contribution in [0.15, 0.2) is 11.6 Å². The van der Waals surface area contributed by atoms with Gasteiger partial charge in [-0.25, -0.2) is 0 Å². The van der Waals surface area contributed by atoms with Crippen LogP contribution in [0.5, 0.6) is 0 Å². The lowest BCUT2D eigenvalue weighted by molar-refractivity contribution is -0.203. The van der Waals surface area contributed by atoms with Gasteiger partial charge < -0.3 is 10.2 Å². The van der Waals surface area contributed by atoms with E-state index >= 15 is 0 Å². The minimum atomic E-state index is -0.369. The van der Waals surface area contributed by atoms with Gasteiger partial charge in [0.25, 0.3) is 0 Å². The maximum absolute atomic E-state index is 11.6. The van der Waals surface area contributed by atoms with Crippen molar-refractivity contribution in [2.45, 2.75) is 131 Å². The van der Waals surface area contributed by atoms with E-state index in [-0.39, 0.29) is 28.5 Å². The van der Waals surface area contributed by atoms with Crippen LogP contribution in [-0.2, 0) is 0 Å². The molecule has 31 heavy (non-hydrogen) atoms. The van der Waals surface area contributed by atoms with Crippen molar-refractivity contribution in [1.29, 1.82) is 0 Å². The average molecular weight is 431 g/mol. The molecular formula is C29H50O2. The molecule has 8 atom stereocenters. The topological polar surface area (TPSA) is 40.5 Å². The van der Waals surface area contributed by atoms with E-state index < -0.39 is 0 Å². The van der Waals surface area contributed by atoms with Gasteiger partial charge in [-0.2, -0.15) is 0 Å². The average Bonchev–Trinajstić information content (AvgIpc) is 2.89. The van der Waals surface area contributed by atoms with Crippen molar-refractivity contribution >= 4 is 0 Å². The van der Waals surface area contributed by atoms with Crippen molar-refractivity contribution in [3.8, 4) is 0 Å². The predicted octanol–water partition coefficient (Wildman–Crippen LogP) is 7.28. The lowest BCUT2D eigenvalue weighted by Crippen LogP contribution is -2.65. The Balaban J connectivity index is 1.66. The summed E-state index contributed by atoms with van der Waals surface area (Å²) in [5.41, 5.74) is 2.43. The molecule has 3 saturated carbocycles. The van der Waals surface area contributed by atoms with Gasteiger partial charge in [0.05, 0.1) is 12.2 Å². The molecule has 4 aliphatic rings. The Morgan fingerprint density at radius 2 is 1.58 bits per heavy atom. The Morgan fingerprint density at radius 3 is 2.26 bits per heavy atom. The number of aliphatic hydroxyl groups excluding tert-OH is 2. The lowest BCUT2D eigenvalue weighted by Gasteiger charge is -2.69. The largest absolute Gasteiger partial charge is 0.393 e. The molecule has 4 aliphatic carbocycles. The van der Waals surface area contributed by atoms with E-state index in [1.807, 2.05) is 0 Å². The Labute approximate surface area is 192 Å². The normalized spacial score (nSPS) is 51.8. The molecule has 0 aliphatic heterocycles. The van der Waals surface area contributed by atoms with Crippen molar-refractivity contribution in [3.63, 3.8) is 0 Å². The van der Waals surface area contributed by atoms with E-state index in [4.69, 9.17) is 0 Å². The molecule has 0 unspecified atom stereocenters. The van der Waals surface area contributed by atoms with Crippen LogP contribution in [0.1, 0.15) is 119 Å². The summed E-state index contributed by atoms with van der Waals surface area (Å²) in [5, 5.41) is 22.0. The molecule has 2 N–H and O–H groups in total. The zero-order valence-corrected chi connectivity index (χ0v) is 21.6. The first kappa shape index (κ1) is 23.8. The van der Waals surface area contributed by atoms with E-state index in [0.717, 1.165) is 25.2 Å². The summed E-state index contributed by atoms with van der Waals surface area (Å²) in [6.07, 6.45) is 14.8. The third-order valence-corrected chi connectivity index (χ3v) is 12.2. The summed E-state index contributed by atoms with van der Waals surface area (Å²) in [4.78, 5) is 0. The maximum atomic E-state index is 11.6. The highest BCUT2D eigenvalue weighted by molar-refractivity contribution is 5.33. The van der Waals surface area contributed by atoms with Crippen molar-refractivity contribution in [1.82, 2.24) is 0 Å². The molecule has 0 bridgehead atoms. The molecule has 178 valence electrons. The first-order valence-electron chi connectivity index (χ1n) is 13.4. The highest BCUT2D eigenvalue weighted by Crippen LogP contribution is 2.78. The van der Waals surface area contributed by atoms with Gasteiger partial charge in [0.2, 0.25) is 0 Å². The Kier molecular flexibility index (Phi) is 5.83. The fraction of sp³-hybridized carbons (Fsp3) is 0.931. The molecule has 0 saturated heterocycles. The van der Waals surface area contributed by atoms with Crippen molar-refractivity contribution < 1.29 is 10.2 Å². The van der Waals surface area contributed by atoms with Gasteiger partial charge in [-0.15, -0.1) is 0 Å². The highest BCUT2D eigenvalue weighted by atomic mass is 16.3. The molecule has 0 spiro atoms. The van der Waals surface area contributed by atoms with E-state index in [9.17, 15) is 10.2 Å². The maximum Gasteiger partial charge on any atom is 0.0762 e. The Bertz CT molecular complexity index is 726. The second-order valence-electron chi connectivity index (χ2n) is 13.8. The van der Waals surface area contributed by atoms with Gasteiger partial charge in [0.15, 0.2) is 0 Å². The Morgan fingerprint density at radius 1 is 0.903 bits per heavy atom. The minimum absolute atomic E-state index is 0.119. The van der Waals surface area contributed by atoms with Crippen LogP contribution in [-0.4, -0.2) is 22.4 Å². The highest BCUT2D eigenvalue weighted by Gasteiger charge is 2.72. The molecule has 0 aromatic carbocycles. The number of hydrogen-bond donors (Lipinski definition) is 2. The molecule has 2 heteroatoms. The predicted molar refractivity (Wildman–Crippen MR) is 130 cm³/mol. The number of fused-ring (bicyclic) bond motifs is 5. The monoisotopic (exact) mass is 430 g/mol. The summed E-state index contributed by atoms with van der Waals surface area (Å²) in [6.45, 7) is 17.4. The fourth-order valence-corrected chi connectivity index (χ4v) is 9.48. The van der Waals surface area contributed by atoms with Crippen molar-refractivity contribution in [2.24, 2.45) is 38.9 Å². The number of aliphatic hydroxyl groups is 2. The van der Waals surface area contributed by atoms with Gasteiger partial charge in [0, 0.05) is 5.92 Å². The van der Waals surface area contributed by atoms with Gasteiger partial charge in [-0.05, 0) is 84.4 Å². The van der Waals surface area contributed by atoms with Gasteiger partial charge in [0.1, 0.15) is 0 Å². The molecule has 4 rings (SSSR count).